The third kappa shape index (κ3) is 6.99. The minimum Gasteiger partial charge on any atom is -0.490 e. The molecule has 0 unspecified atom stereocenters. The molecule has 2 rings (SSSR count). The number of halogens is 2. The number of nitrogens with one attached hydrogen (secondary N) is 1. The van der Waals surface area contributed by atoms with Gasteiger partial charge in [0, 0.05) is 18.7 Å². The molecule has 0 heterocycles. The van der Waals surface area contributed by atoms with Gasteiger partial charge in [0.05, 0.1) is 31.5 Å². The molecule has 0 radical (unpaired) electrons. The van der Waals surface area contributed by atoms with E-state index < -0.39 is 0 Å². The van der Waals surface area contributed by atoms with Gasteiger partial charge in [0.1, 0.15) is 12.4 Å². The van der Waals surface area contributed by atoms with Gasteiger partial charge in [-0.3, -0.25) is 0 Å². The Hall–Kier alpha value is -1.86. The van der Waals surface area contributed by atoms with Crippen LogP contribution in [0.15, 0.2) is 36.4 Å². The second kappa shape index (κ2) is 11.8. The summed E-state index contributed by atoms with van der Waals surface area (Å²) in [6.45, 7) is 4.47. The lowest BCUT2D eigenvalue weighted by atomic mass is 10.2. The Morgan fingerprint density at radius 3 is 2.70 bits per heavy atom. The SMILES string of the molecule is CCOc1cc(CNCCOCCO)cc(Cl)c1OCc1ccccc1F. The molecule has 148 valence electrons. The van der Waals surface area contributed by atoms with Crippen LogP contribution in [-0.2, 0) is 17.9 Å². The molecule has 0 atom stereocenters. The maximum Gasteiger partial charge on any atom is 0.180 e. The molecule has 0 spiro atoms. The first-order valence-corrected chi connectivity index (χ1v) is 9.24. The largest absolute Gasteiger partial charge is 0.490 e. The molecule has 0 aliphatic rings. The van der Waals surface area contributed by atoms with E-state index in [0.717, 1.165) is 5.56 Å². The lowest BCUT2D eigenvalue weighted by Crippen LogP contribution is -2.20. The van der Waals surface area contributed by atoms with Crippen LogP contribution in [0.3, 0.4) is 0 Å². The molecule has 27 heavy (non-hydrogen) atoms. The predicted octanol–water partition coefficient (Wildman–Crippen LogP) is 3.56. The van der Waals surface area contributed by atoms with Crippen LogP contribution in [0.5, 0.6) is 11.5 Å². The number of benzene rings is 2. The number of hydrogen-bond donors (Lipinski definition) is 2. The highest BCUT2D eigenvalue weighted by atomic mass is 35.5. The Kier molecular flexibility index (Phi) is 9.35. The molecule has 5 nitrogen and oxygen atoms in total. The van der Waals surface area contributed by atoms with Gasteiger partial charge >= 0.3 is 0 Å². The van der Waals surface area contributed by atoms with Gasteiger partial charge in [-0.25, -0.2) is 4.39 Å². The second-order valence-electron chi connectivity index (χ2n) is 5.73. The molecule has 0 amide bonds. The van der Waals surface area contributed by atoms with Crippen LogP contribution < -0.4 is 14.8 Å². The van der Waals surface area contributed by atoms with Gasteiger partial charge in [0.15, 0.2) is 11.5 Å². The van der Waals surface area contributed by atoms with Gasteiger partial charge in [0.2, 0.25) is 0 Å². The Labute approximate surface area is 164 Å². The average molecular weight is 398 g/mol. The molecule has 0 fully saturated rings. The van der Waals surface area contributed by atoms with Crippen LogP contribution in [0, 0.1) is 5.82 Å². The lowest BCUT2D eigenvalue weighted by molar-refractivity contribution is 0.0938. The van der Waals surface area contributed by atoms with Crippen molar-refractivity contribution in [3.05, 3.63) is 58.4 Å². The minimum atomic E-state index is -0.323. The topological polar surface area (TPSA) is 60.0 Å². The highest BCUT2D eigenvalue weighted by Crippen LogP contribution is 2.37. The first-order valence-electron chi connectivity index (χ1n) is 8.86. The van der Waals surface area contributed by atoms with Crippen molar-refractivity contribution in [1.82, 2.24) is 5.32 Å². The summed E-state index contributed by atoms with van der Waals surface area (Å²) >= 11 is 6.38. The minimum absolute atomic E-state index is 0.0155. The van der Waals surface area contributed by atoms with Crippen LogP contribution in [-0.4, -0.2) is 38.1 Å². The lowest BCUT2D eigenvalue weighted by Gasteiger charge is -2.16. The average Bonchev–Trinajstić information content (AvgIpc) is 2.65. The smallest absolute Gasteiger partial charge is 0.180 e. The summed E-state index contributed by atoms with van der Waals surface area (Å²) < 4.78 is 30.4. The van der Waals surface area contributed by atoms with Gasteiger partial charge in [-0.15, -0.1) is 0 Å². The third-order valence-electron chi connectivity index (χ3n) is 3.69. The van der Waals surface area contributed by atoms with E-state index in [9.17, 15) is 4.39 Å². The highest BCUT2D eigenvalue weighted by Gasteiger charge is 2.14. The van der Waals surface area contributed by atoms with Crippen LogP contribution in [0.2, 0.25) is 5.02 Å². The summed E-state index contributed by atoms with van der Waals surface area (Å²) in [5.74, 6) is 0.599. The van der Waals surface area contributed by atoms with Crippen molar-refractivity contribution in [1.29, 1.82) is 0 Å². The third-order valence-corrected chi connectivity index (χ3v) is 3.97. The zero-order chi connectivity index (χ0) is 19.5. The van der Waals surface area contributed by atoms with E-state index in [1.54, 1.807) is 24.3 Å². The van der Waals surface area contributed by atoms with Crippen molar-refractivity contribution in [2.45, 2.75) is 20.1 Å². The van der Waals surface area contributed by atoms with Crippen LogP contribution in [0.25, 0.3) is 0 Å². The molecule has 0 saturated heterocycles. The maximum atomic E-state index is 13.8. The number of aliphatic hydroxyl groups is 1. The summed E-state index contributed by atoms with van der Waals surface area (Å²) in [5, 5.41) is 12.3. The number of hydrogen-bond acceptors (Lipinski definition) is 5. The molecule has 2 aromatic rings. The van der Waals surface area contributed by atoms with Crippen LogP contribution in [0.1, 0.15) is 18.1 Å². The maximum absolute atomic E-state index is 13.8. The first kappa shape index (κ1) is 21.4. The van der Waals surface area contributed by atoms with E-state index in [-0.39, 0.29) is 19.0 Å². The van der Waals surface area contributed by atoms with Crippen LogP contribution >= 0.6 is 11.6 Å². The summed E-state index contributed by atoms with van der Waals surface area (Å²) in [6.07, 6.45) is 0. The van der Waals surface area contributed by atoms with E-state index >= 15 is 0 Å². The molecular weight excluding hydrogens is 373 g/mol. The van der Waals surface area contributed by atoms with Crippen molar-refractivity contribution >= 4 is 11.6 Å². The van der Waals surface area contributed by atoms with E-state index in [1.165, 1.54) is 6.07 Å². The fraction of sp³-hybridized carbons (Fsp3) is 0.400. The van der Waals surface area contributed by atoms with E-state index in [1.807, 2.05) is 13.0 Å². The van der Waals surface area contributed by atoms with Crippen molar-refractivity contribution in [3.63, 3.8) is 0 Å². The number of ether oxygens (including phenoxy) is 3. The fourth-order valence-corrected chi connectivity index (χ4v) is 2.72. The molecular formula is C20H25ClFNO4. The van der Waals surface area contributed by atoms with E-state index in [2.05, 4.69) is 5.32 Å². The normalized spacial score (nSPS) is 10.8. The second-order valence-corrected chi connectivity index (χ2v) is 6.14. The molecule has 7 heteroatoms. The van der Waals surface area contributed by atoms with E-state index in [0.29, 0.717) is 55.0 Å². The van der Waals surface area contributed by atoms with E-state index in [4.69, 9.17) is 30.9 Å². The Balaban J connectivity index is 2.01. The molecule has 2 N–H and O–H groups in total. The zero-order valence-electron chi connectivity index (χ0n) is 15.3. The van der Waals surface area contributed by atoms with Gasteiger partial charge in [-0.05, 0) is 30.7 Å². The fourth-order valence-electron chi connectivity index (χ4n) is 2.44. The standard InChI is InChI=1S/C20H25ClFNO4/c1-2-26-19-12-15(13-23-7-9-25-10-8-24)11-17(21)20(19)27-14-16-5-3-4-6-18(16)22/h3-6,11-12,23-24H,2,7-10,13-14H2,1H3. The van der Waals surface area contributed by atoms with Gasteiger partial charge in [-0.1, -0.05) is 29.8 Å². The molecule has 2 aromatic carbocycles. The zero-order valence-corrected chi connectivity index (χ0v) is 16.1. The van der Waals surface area contributed by atoms with Crippen molar-refractivity contribution < 1.29 is 23.7 Å². The monoisotopic (exact) mass is 397 g/mol. The molecule has 0 aliphatic heterocycles. The summed E-state index contributed by atoms with van der Waals surface area (Å²) in [6, 6.07) is 10.1. The quantitative estimate of drug-likeness (QED) is 0.536. The molecule has 0 aliphatic carbocycles. The highest BCUT2D eigenvalue weighted by molar-refractivity contribution is 6.32. The summed E-state index contributed by atoms with van der Waals surface area (Å²) in [4.78, 5) is 0. The molecule has 0 aromatic heterocycles. The van der Waals surface area contributed by atoms with Gasteiger partial charge in [0.25, 0.3) is 0 Å². The van der Waals surface area contributed by atoms with Gasteiger partial charge < -0.3 is 24.6 Å². The van der Waals surface area contributed by atoms with Crippen molar-refractivity contribution in [2.24, 2.45) is 0 Å². The predicted molar refractivity (Wildman–Crippen MR) is 103 cm³/mol. The first-order chi connectivity index (χ1) is 13.2. The molecule has 0 bridgehead atoms. The van der Waals surface area contributed by atoms with Crippen LogP contribution in [0.4, 0.5) is 4.39 Å². The summed E-state index contributed by atoms with van der Waals surface area (Å²) in [5.41, 5.74) is 1.38. The Bertz CT molecular complexity index is 714. The van der Waals surface area contributed by atoms with Crippen molar-refractivity contribution in [2.75, 3.05) is 33.0 Å². The molecule has 0 saturated carbocycles. The van der Waals surface area contributed by atoms with Crippen molar-refractivity contribution in [3.8, 4) is 11.5 Å². The Morgan fingerprint density at radius 2 is 1.96 bits per heavy atom. The number of rotatable bonds is 12. The summed E-state index contributed by atoms with van der Waals surface area (Å²) in [7, 11) is 0. The number of aliphatic hydroxyl groups excluding tert-OH is 1. The Morgan fingerprint density at radius 1 is 1.15 bits per heavy atom. The van der Waals surface area contributed by atoms with Gasteiger partial charge in [-0.2, -0.15) is 0 Å².